The molecule has 0 heterocycles. The van der Waals surface area contributed by atoms with Gasteiger partial charge >= 0.3 is 0 Å². The Morgan fingerprint density at radius 1 is 1.14 bits per heavy atom. The lowest BCUT2D eigenvalue weighted by atomic mass is 10.1. The summed E-state index contributed by atoms with van der Waals surface area (Å²) < 4.78 is 30.9. The number of ether oxygens (including phenoxy) is 1. The standard InChI is InChI=1S/C22H30N2O4S/c1-18(14-15-19-9-5-4-6-10-19)23-22(25)13-8-16-24(29(3,26)27)20-11-7-12-21(17-20)28-2/h4-7,9-12,17-18H,8,13-16H2,1-3H3,(H,23,25). The van der Waals surface area contributed by atoms with Gasteiger partial charge in [-0.15, -0.1) is 0 Å². The number of carbonyl (C=O) groups is 1. The van der Waals surface area contributed by atoms with E-state index in [1.807, 2.05) is 25.1 Å². The zero-order valence-corrected chi connectivity index (χ0v) is 18.1. The van der Waals surface area contributed by atoms with Crippen molar-refractivity contribution in [2.45, 2.75) is 38.6 Å². The van der Waals surface area contributed by atoms with Gasteiger partial charge in [-0.3, -0.25) is 9.10 Å². The maximum absolute atomic E-state index is 12.2. The summed E-state index contributed by atoms with van der Waals surface area (Å²) in [4.78, 5) is 12.2. The number of nitrogens with one attached hydrogen (secondary N) is 1. The van der Waals surface area contributed by atoms with Crippen LogP contribution in [-0.4, -0.2) is 40.3 Å². The van der Waals surface area contributed by atoms with Gasteiger partial charge in [0.05, 0.1) is 19.1 Å². The largest absolute Gasteiger partial charge is 0.497 e. The van der Waals surface area contributed by atoms with Crippen molar-refractivity contribution in [1.82, 2.24) is 5.32 Å². The second-order valence-corrected chi connectivity index (χ2v) is 9.04. The van der Waals surface area contributed by atoms with E-state index in [9.17, 15) is 13.2 Å². The Bertz CT molecular complexity index is 885. The van der Waals surface area contributed by atoms with E-state index in [4.69, 9.17) is 4.74 Å². The van der Waals surface area contributed by atoms with Gasteiger partial charge in [-0.1, -0.05) is 36.4 Å². The van der Waals surface area contributed by atoms with E-state index in [1.165, 1.54) is 17.0 Å². The summed E-state index contributed by atoms with van der Waals surface area (Å²) >= 11 is 0. The Hall–Kier alpha value is -2.54. The lowest BCUT2D eigenvalue weighted by molar-refractivity contribution is -0.121. The van der Waals surface area contributed by atoms with Gasteiger partial charge < -0.3 is 10.1 Å². The van der Waals surface area contributed by atoms with E-state index in [0.29, 0.717) is 17.9 Å². The van der Waals surface area contributed by atoms with Crippen LogP contribution >= 0.6 is 0 Å². The summed E-state index contributed by atoms with van der Waals surface area (Å²) in [6.45, 7) is 2.22. The van der Waals surface area contributed by atoms with Crippen LogP contribution in [0.4, 0.5) is 5.69 Å². The Labute approximate surface area is 173 Å². The van der Waals surface area contributed by atoms with Crippen LogP contribution in [0.2, 0.25) is 0 Å². The van der Waals surface area contributed by atoms with Crippen molar-refractivity contribution >= 4 is 21.6 Å². The Morgan fingerprint density at radius 2 is 1.86 bits per heavy atom. The number of hydrogen-bond donors (Lipinski definition) is 1. The lowest BCUT2D eigenvalue weighted by Gasteiger charge is -2.23. The molecule has 1 atom stereocenters. The number of aryl methyl sites for hydroxylation is 1. The highest BCUT2D eigenvalue weighted by Crippen LogP contribution is 2.23. The molecule has 0 saturated carbocycles. The van der Waals surface area contributed by atoms with E-state index in [1.54, 1.807) is 24.3 Å². The highest BCUT2D eigenvalue weighted by Gasteiger charge is 2.18. The topological polar surface area (TPSA) is 75.7 Å². The molecule has 7 heteroatoms. The molecular weight excluding hydrogens is 388 g/mol. The Balaban J connectivity index is 1.83. The molecule has 0 aliphatic carbocycles. The zero-order chi connectivity index (χ0) is 21.3. The smallest absolute Gasteiger partial charge is 0.232 e. The highest BCUT2D eigenvalue weighted by atomic mass is 32.2. The molecule has 0 saturated heterocycles. The van der Waals surface area contributed by atoms with Gasteiger partial charge in [-0.2, -0.15) is 0 Å². The molecule has 2 aromatic carbocycles. The summed E-state index contributed by atoms with van der Waals surface area (Å²) in [5.41, 5.74) is 1.78. The molecule has 29 heavy (non-hydrogen) atoms. The first-order chi connectivity index (χ1) is 13.8. The van der Waals surface area contributed by atoms with E-state index in [-0.39, 0.29) is 24.9 Å². The average molecular weight is 419 g/mol. The Morgan fingerprint density at radius 3 is 2.52 bits per heavy atom. The number of sulfonamides is 1. The monoisotopic (exact) mass is 418 g/mol. The number of benzene rings is 2. The minimum atomic E-state index is -3.46. The minimum absolute atomic E-state index is 0.0621. The van der Waals surface area contributed by atoms with Crippen LogP contribution in [0.1, 0.15) is 31.7 Å². The summed E-state index contributed by atoms with van der Waals surface area (Å²) in [6.07, 6.45) is 3.63. The number of anilines is 1. The van der Waals surface area contributed by atoms with E-state index < -0.39 is 10.0 Å². The fraction of sp³-hybridized carbons (Fsp3) is 0.409. The number of rotatable bonds is 11. The summed E-state index contributed by atoms with van der Waals surface area (Å²) in [7, 11) is -1.92. The highest BCUT2D eigenvalue weighted by molar-refractivity contribution is 7.92. The third-order valence-corrected chi connectivity index (χ3v) is 5.82. The summed E-state index contributed by atoms with van der Waals surface area (Å²) in [5, 5.41) is 2.99. The van der Waals surface area contributed by atoms with Crippen LogP contribution in [0.3, 0.4) is 0 Å². The number of carbonyl (C=O) groups excluding carboxylic acids is 1. The van der Waals surface area contributed by atoms with Gasteiger partial charge in [-0.05, 0) is 43.9 Å². The van der Waals surface area contributed by atoms with Gasteiger partial charge in [0.1, 0.15) is 5.75 Å². The molecule has 0 aliphatic rings. The summed E-state index contributed by atoms with van der Waals surface area (Å²) in [5.74, 6) is 0.519. The van der Waals surface area contributed by atoms with E-state index in [0.717, 1.165) is 19.1 Å². The van der Waals surface area contributed by atoms with Gasteiger partial charge in [0.2, 0.25) is 15.9 Å². The van der Waals surface area contributed by atoms with Crippen LogP contribution in [0.5, 0.6) is 5.75 Å². The first-order valence-corrected chi connectivity index (χ1v) is 11.6. The fourth-order valence-corrected chi connectivity index (χ4v) is 4.04. The maximum Gasteiger partial charge on any atom is 0.232 e. The van der Waals surface area contributed by atoms with Crippen LogP contribution in [0.25, 0.3) is 0 Å². The molecule has 0 aromatic heterocycles. The molecule has 0 fully saturated rings. The quantitative estimate of drug-likeness (QED) is 0.607. The number of hydrogen-bond acceptors (Lipinski definition) is 4. The molecular formula is C22H30N2O4S. The van der Waals surface area contributed by atoms with Crippen LogP contribution < -0.4 is 14.4 Å². The van der Waals surface area contributed by atoms with E-state index >= 15 is 0 Å². The van der Waals surface area contributed by atoms with Crippen LogP contribution in [-0.2, 0) is 21.2 Å². The number of methoxy groups -OCH3 is 1. The SMILES string of the molecule is COc1cccc(N(CCCC(=O)NC(C)CCc2ccccc2)S(C)(=O)=O)c1. The van der Waals surface area contributed by atoms with Gasteiger partial charge in [0.25, 0.3) is 0 Å². The molecule has 6 nitrogen and oxygen atoms in total. The van der Waals surface area contributed by atoms with Crippen LogP contribution in [0, 0.1) is 0 Å². The van der Waals surface area contributed by atoms with Crippen molar-refractivity contribution in [2.75, 3.05) is 24.2 Å². The number of amides is 1. The predicted molar refractivity (Wildman–Crippen MR) is 117 cm³/mol. The maximum atomic E-state index is 12.2. The molecule has 2 aromatic rings. The fourth-order valence-electron chi connectivity index (χ4n) is 3.08. The third kappa shape index (κ3) is 7.77. The normalized spacial score (nSPS) is 12.2. The Kier molecular flexibility index (Phi) is 8.51. The molecule has 1 amide bonds. The predicted octanol–water partition coefficient (Wildman–Crippen LogP) is 3.38. The van der Waals surface area contributed by atoms with Gasteiger partial charge in [0.15, 0.2) is 0 Å². The number of nitrogens with zero attached hydrogens (tertiary/aromatic N) is 1. The molecule has 2 rings (SSSR count). The minimum Gasteiger partial charge on any atom is -0.497 e. The second kappa shape index (κ2) is 10.9. The van der Waals surface area contributed by atoms with Crippen molar-refractivity contribution in [1.29, 1.82) is 0 Å². The van der Waals surface area contributed by atoms with Gasteiger partial charge in [0, 0.05) is 25.1 Å². The third-order valence-electron chi connectivity index (χ3n) is 4.62. The average Bonchev–Trinajstić information content (AvgIpc) is 2.69. The zero-order valence-electron chi connectivity index (χ0n) is 17.3. The lowest BCUT2D eigenvalue weighted by Crippen LogP contribution is -2.35. The van der Waals surface area contributed by atoms with E-state index in [2.05, 4.69) is 17.4 Å². The molecule has 1 unspecified atom stereocenters. The van der Waals surface area contributed by atoms with Crippen LogP contribution in [0.15, 0.2) is 54.6 Å². The molecule has 1 N–H and O–H groups in total. The molecule has 0 spiro atoms. The van der Waals surface area contributed by atoms with Crippen molar-refractivity contribution in [3.63, 3.8) is 0 Å². The first kappa shape index (κ1) is 22.7. The molecule has 0 aliphatic heterocycles. The molecule has 0 radical (unpaired) electrons. The van der Waals surface area contributed by atoms with Crippen molar-refractivity contribution in [3.05, 3.63) is 60.2 Å². The van der Waals surface area contributed by atoms with Crippen molar-refractivity contribution in [2.24, 2.45) is 0 Å². The molecule has 0 bridgehead atoms. The first-order valence-electron chi connectivity index (χ1n) is 9.74. The van der Waals surface area contributed by atoms with Crippen molar-refractivity contribution < 1.29 is 17.9 Å². The van der Waals surface area contributed by atoms with Crippen molar-refractivity contribution in [3.8, 4) is 5.75 Å². The second-order valence-electron chi connectivity index (χ2n) is 7.13. The summed E-state index contributed by atoms with van der Waals surface area (Å²) in [6, 6.07) is 17.1. The molecule has 158 valence electrons. The van der Waals surface area contributed by atoms with Gasteiger partial charge in [-0.25, -0.2) is 8.42 Å².